The summed E-state index contributed by atoms with van der Waals surface area (Å²) in [5.41, 5.74) is 2.32. The molecule has 2 N–H and O–H groups in total. The van der Waals surface area contributed by atoms with E-state index in [0.29, 0.717) is 17.2 Å². The zero-order valence-corrected chi connectivity index (χ0v) is 14.1. The van der Waals surface area contributed by atoms with Crippen LogP contribution in [0.4, 0.5) is 5.69 Å². The lowest BCUT2D eigenvalue weighted by Gasteiger charge is -2.17. The summed E-state index contributed by atoms with van der Waals surface area (Å²) in [7, 11) is 1.55. The number of hydrogen-bond donors (Lipinski definition) is 2. The van der Waals surface area contributed by atoms with Crippen LogP contribution in [0.1, 0.15) is 40.2 Å². The molecule has 0 heterocycles. The van der Waals surface area contributed by atoms with Crippen molar-refractivity contribution in [1.29, 1.82) is 0 Å². The number of carbonyl (C=O) groups is 2. The molecule has 1 aliphatic carbocycles. The van der Waals surface area contributed by atoms with Crippen LogP contribution in [0.2, 0.25) is 0 Å². The van der Waals surface area contributed by atoms with Crippen LogP contribution < -0.4 is 5.32 Å². The molecule has 5 heteroatoms. The number of aromatic carboxylic acids is 1. The molecule has 0 aromatic heterocycles. The van der Waals surface area contributed by atoms with E-state index >= 15 is 0 Å². The minimum absolute atomic E-state index is 0.0976. The van der Waals surface area contributed by atoms with Gasteiger partial charge in [0.25, 0.3) is 0 Å². The minimum atomic E-state index is -1.03. The van der Waals surface area contributed by atoms with E-state index in [-0.39, 0.29) is 24.0 Å². The van der Waals surface area contributed by atoms with E-state index in [0.717, 1.165) is 18.4 Å². The summed E-state index contributed by atoms with van der Waals surface area (Å²) in [6, 6.07) is 14.5. The van der Waals surface area contributed by atoms with E-state index in [1.165, 1.54) is 6.07 Å². The van der Waals surface area contributed by atoms with Crippen molar-refractivity contribution in [2.24, 2.45) is 5.92 Å². The molecule has 2 aromatic carbocycles. The standard InChI is InChI=1S/C20H21NO4/c1-25-12-13-9-16(20(23)24)11-17(10-13)21-19(22)18(15-7-8-15)14-5-3-2-4-6-14/h2-6,9-11,15,18H,7-8,12H2,1H3,(H,21,22)(H,23,24). The molecule has 0 bridgehead atoms. The Morgan fingerprint density at radius 2 is 1.92 bits per heavy atom. The van der Waals surface area contributed by atoms with E-state index in [2.05, 4.69) is 5.32 Å². The molecule has 1 fully saturated rings. The molecule has 1 amide bonds. The molecule has 1 aliphatic rings. The van der Waals surface area contributed by atoms with Gasteiger partial charge in [-0.05, 0) is 48.1 Å². The van der Waals surface area contributed by atoms with E-state index in [1.54, 1.807) is 19.2 Å². The fraction of sp³-hybridized carbons (Fsp3) is 0.300. The van der Waals surface area contributed by atoms with Crippen molar-refractivity contribution in [3.05, 3.63) is 65.2 Å². The zero-order valence-electron chi connectivity index (χ0n) is 14.1. The Bertz CT molecular complexity index is 769. The summed E-state index contributed by atoms with van der Waals surface area (Å²) in [4.78, 5) is 24.2. The Morgan fingerprint density at radius 1 is 1.20 bits per heavy atom. The molecule has 0 radical (unpaired) electrons. The topological polar surface area (TPSA) is 75.6 Å². The Labute approximate surface area is 146 Å². The molecular weight excluding hydrogens is 318 g/mol. The van der Waals surface area contributed by atoms with Crippen LogP contribution in [0.15, 0.2) is 48.5 Å². The number of amides is 1. The van der Waals surface area contributed by atoms with Gasteiger partial charge in [-0.15, -0.1) is 0 Å². The summed E-state index contributed by atoms with van der Waals surface area (Å²) in [5, 5.41) is 12.2. The highest BCUT2D eigenvalue weighted by molar-refractivity contribution is 5.98. The van der Waals surface area contributed by atoms with Gasteiger partial charge < -0.3 is 15.2 Å². The third-order valence-corrected chi connectivity index (χ3v) is 4.35. The predicted octanol–water partition coefficient (Wildman–Crippen LogP) is 3.66. The van der Waals surface area contributed by atoms with E-state index in [9.17, 15) is 14.7 Å². The Balaban J connectivity index is 1.85. The lowest BCUT2D eigenvalue weighted by Crippen LogP contribution is -2.23. The lowest BCUT2D eigenvalue weighted by atomic mass is 9.93. The van der Waals surface area contributed by atoms with Crippen LogP contribution in [-0.2, 0) is 16.1 Å². The van der Waals surface area contributed by atoms with Crippen LogP contribution in [0, 0.1) is 5.92 Å². The minimum Gasteiger partial charge on any atom is -0.478 e. The largest absolute Gasteiger partial charge is 0.478 e. The molecule has 130 valence electrons. The van der Waals surface area contributed by atoms with Crippen molar-refractivity contribution in [2.45, 2.75) is 25.4 Å². The monoisotopic (exact) mass is 339 g/mol. The molecule has 1 atom stereocenters. The molecular formula is C20H21NO4. The number of carboxylic acids is 1. The number of anilines is 1. The normalized spacial score (nSPS) is 14.8. The van der Waals surface area contributed by atoms with Crippen LogP contribution in [-0.4, -0.2) is 24.1 Å². The van der Waals surface area contributed by atoms with Crippen molar-refractivity contribution in [2.75, 3.05) is 12.4 Å². The number of nitrogens with one attached hydrogen (secondary N) is 1. The van der Waals surface area contributed by atoms with Crippen molar-refractivity contribution in [3.8, 4) is 0 Å². The molecule has 1 unspecified atom stereocenters. The maximum Gasteiger partial charge on any atom is 0.335 e. The van der Waals surface area contributed by atoms with Gasteiger partial charge in [-0.1, -0.05) is 30.3 Å². The number of rotatable bonds is 7. The van der Waals surface area contributed by atoms with Gasteiger partial charge in [0, 0.05) is 12.8 Å². The highest BCUT2D eigenvalue weighted by Gasteiger charge is 2.37. The van der Waals surface area contributed by atoms with Crippen molar-refractivity contribution in [3.63, 3.8) is 0 Å². The van der Waals surface area contributed by atoms with Crippen molar-refractivity contribution in [1.82, 2.24) is 0 Å². The second kappa shape index (κ2) is 7.49. The van der Waals surface area contributed by atoms with E-state index < -0.39 is 5.97 Å². The second-order valence-electron chi connectivity index (χ2n) is 6.37. The van der Waals surface area contributed by atoms with Crippen molar-refractivity contribution < 1.29 is 19.4 Å². The number of carbonyl (C=O) groups excluding carboxylic acids is 1. The van der Waals surface area contributed by atoms with Crippen LogP contribution in [0.5, 0.6) is 0 Å². The van der Waals surface area contributed by atoms with Gasteiger partial charge in [0.1, 0.15) is 0 Å². The average molecular weight is 339 g/mol. The average Bonchev–Trinajstić information content (AvgIpc) is 3.41. The lowest BCUT2D eigenvalue weighted by molar-refractivity contribution is -0.118. The van der Waals surface area contributed by atoms with Gasteiger partial charge >= 0.3 is 5.97 Å². The maximum absolute atomic E-state index is 12.9. The zero-order chi connectivity index (χ0) is 17.8. The molecule has 3 rings (SSSR count). The molecule has 0 saturated heterocycles. The number of carboxylic acid groups (broad SMARTS) is 1. The van der Waals surface area contributed by atoms with Gasteiger partial charge in [0.05, 0.1) is 18.1 Å². The third kappa shape index (κ3) is 4.25. The molecule has 0 spiro atoms. The van der Waals surface area contributed by atoms with Gasteiger partial charge in [0.15, 0.2) is 0 Å². The summed E-state index contributed by atoms with van der Waals surface area (Å²) in [5.74, 6) is -0.987. The van der Waals surface area contributed by atoms with E-state index in [4.69, 9.17) is 4.74 Å². The second-order valence-corrected chi connectivity index (χ2v) is 6.37. The molecule has 2 aromatic rings. The highest BCUT2D eigenvalue weighted by atomic mass is 16.5. The molecule has 5 nitrogen and oxygen atoms in total. The first-order chi connectivity index (χ1) is 12.1. The van der Waals surface area contributed by atoms with Gasteiger partial charge in [-0.25, -0.2) is 4.79 Å². The SMILES string of the molecule is COCc1cc(NC(=O)C(c2ccccc2)C2CC2)cc(C(=O)O)c1. The van der Waals surface area contributed by atoms with Crippen LogP contribution in [0.25, 0.3) is 0 Å². The quantitative estimate of drug-likeness (QED) is 0.807. The molecule has 0 aliphatic heterocycles. The Morgan fingerprint density at radius 3 is 2.52 bits per heavy atom. The van der Waals surface area contributed by atoms with Crippen LogP contribution in [0.3, 0.4) is 0 Å². The summed E-state index contributed by atoms with van der Waals surface area (Å²) in [6.07, 6.45) is 2.08. The van der Waals surface area contributed by atoms with E-state index in [1.807, 2.05) is 30.3 Å². The van der Waals surface area contributed by atoms with Crippen molar-refractivity contribution >= 4 is 17.6 Å². The Kier molecular flexibility index (Phi) is 5.14. The summed E-state index contributed by atoms with van der Waals surface area (Å²) in [6.45, 7) is 0.286. The van der Waals surface area contributed by atoms with Gasteiger partial charge in [-0.3, -0.25) is 4.79 Å². The number of benzene rings is 2. The molecule has 25 heavy (non-hydrogen) atoms. The highest BCUT2D eigenvalue weighted by Crippen LogP contribution is 2.43. The number of ether oxygens (including phenoxy) is 1. The smallest absolute Gasteiger partial charge is 0.335 e. The first kappa shape index (κ1) is 17.2. The fourth-order valence-corrected chi connectivity index (χ4v) is 3.09. The fourth-order valence-electron chi connectivity index (χ4n) is 3.09. The number of methoxy groups -OCH3 is 1. The van der Waals surface area contributed by atoms with Gasteiger partial charge in [0.2, 0.25) is 5.91 Å². The Hall–Kier alpha value is -2.66. The molecule has 1 saturated carbocycles. The van der Waals surface area contributed by atoms with Crippen LogP contribution >= 0.6 is 0 Å². The number of hydrogen-bond acceptors (Lipinski definition) is 3. The maximum atomic E-state index is 12.9. The first-order valence-electron chi connectivity index (χ1n) is 8.30. The predicted molar refractivity (Wildman–Crippen MR) is 94.7 cm³/mol. The first-order valence-corrected chi connectivity index (χ1v) is 8.30. The third-order valence-electron chi connectivity index (χ3n) is 4.35. The summed E-state index contributed by atoms with van der Waals surface area (Å²) < 4.78 is 5.08. The van der Waals surface area contributed by atoms with Gasteiger partial charge in [-0.2, -0.15) is 0 Å². The summed E-state index contributed by atoms with van der Waals surface area (Å²) >= 11 is 0.